The Morgan fingerprint density at radius 2 is 1.67 bits per heavy atom. The van der Waals surface area contributed by atoms with E-state index in [2.05, 4.69) is 4.74 Å². The molecule has 0 N–H and O–H groups in total. The maximum atomic E-state index is 5.27. The fourth-order valence-corrected chi connectivity index (χ4v) is 0.338. The quantitative estimate of drug-likeness (QED) is 0.411. The van der Waals surface area contributed by atoms with Gasteiger partial charge in [-0.25, -0.2) is 0 Å². The molecule has 1 rings (SSSR count). The lowest BCUT2D eigenvalue weighted by atomic mass is 9.92. The van der Waals surface area contributed by atoms with Gasteiger partial charge in [0, 0.05) is 5.41 Å². The first kappa shape index (κ1) is 4.13. The Bertz CT molecular complexity index is 51.0. The highest BCUT2D eigenvalue weighted by Gasteiger charge is 2.27. The zero-order valence-corrected chi connectivity index (χ0v) is 3.48. The van der Waals surface area contributed by atoms with Crippen LogP contribution in [0.2, 0.25) is 0 Å². The van der Waals surface area contributed by atoms with Gasteiger partial charge in [-0.15, -0.1) is 0 Å². The first-order valence-electron chi connectivity index (χ1n) is 1.86. The van der Waals surface area contributed by atoms with Crippen LogP contribution in [0.1, 0.15) is 0 Å². The van der Waals surface area contributed by atoms with Gasteiger partial charge in [-0.2, -0.15) is 0 Å². The minimum atomic E-state index is -0.500. The van der Waals surface area contributed by atoms with E-state index in [1.54, 1.807) is 0 Å². The summed E-state index contributed by atoms with van der Waals surface area (Å²) in [5, 5.41) is 0. The summed E-state index contributed by atoms with van der Waals surface area (Å²) >= 11 is 0. The van der Waals surface area contributed by atoms with Gasteiger partial charge in [0.25, 0.3) is 0 Å². The summed E-state index contributed by atoms with van der Waals surface area (Å²) in [6.07, 6.45) is 0. The predicted molar refractivity (Wildman–Crippen MR) is 21.9 cm³/mol. The minimum absolute atomic E-state index is 0.500. The topological polar surface area (TPSA) is 9.23 Å². The molecule has 0 unspecified atom stereocenters. The molecule has 0 aromatic carbocycles. The second kappa shape index (κ2) is 0.969. The molecule has 1 nitrogen and oxygen atoms in total. The first-order chi connectivity index (χ1) is 2.71. The van der Waals surface area contributed by atoms with Crippen molar-refractivity contribution >= 4 is 0 Å². The largest absolute Gasteiger partial charge is 0.380 e. The van der Waals surface area contributed by atoms with Crippen LogP contribution in [-0.4, -0.2) is 13.2 Å². The predicted octanol–water partition coefficient (Wildman–Crippen LogP) is 0.425. The molecule has 0 bridgehead atoms. The minimum Gasteiger partial charge on any atom is -0.380 e. The van der Waals surface area contributed by atoms with Gasteiger partial charge >= 0.3 is 0 Å². The summed E-state index contributed by atoms with van der Waals surface area (Å²) < 4.78 is 4.69. The molecule has 0 aliphatic carbocycles. The third-order valence-electron chi connectivity index (χ3n) is 0.742. The summed E-state index contributed by atoms with van der Waals surface area (Å²) in [6.45, 7) is 11.6. The van der Waals surface area contributed by atoms with Gasteiger partial charge in [-0.05, 0) is 13.8 Å². The summed E-state index contributed by atoms with van der Waals surface area (Å²) in [4.78, 5) is 0. The van der Waals surface area contributed by atoms with Crippen molar-refractivity contribution in [3.05, 3.63) is 13.8 Å². The Hall–Kier alpha value is -0.0400. The van der Waals surface area contributed by atoms with Crippen LogP contribution in [0, 0.1) is 19.3 Å². The van der Waals surface area contributed by atoms with Crippen LogP contribution in [0.25, 0.3) is 0 Å². The Morgan fingerprint density at radius 1 is 1.33 bits per heavy atom. The van der Waals surface area contributed by atoms with Crippen molar-refractivity contribution in [3.63, 3.8) is 0 Å². The maximum absolute atomic E-state index is 5.27. The van der Waals surface area contributed by atoms with Crippen molar-refractivity contribution in [3.8, 4) is 0 Å². The molecule has 1 fully saturated rings. The molecule has 0 saturated carbocycles. The van der Waals surface area contributed by atoms with Crippen molar-refractivity contribution < 1.29 is 4.74 Å². The van der Waals surface area contributed by atoms with Crippen LogP contribution in [0.5, 0.6) is 0 Å². The Labute approximate surface area is 38.3 Å². The van der Waals surface area contributed by atoms with Crippen LogP contribution in [0.4, 0.5) is 0 Å². The van der Waals surface area contributed by atoms with Crippen molar-refractivity contribution in [2.75, 3.05) is 13.2 Å². The van der Waals surface area contributed by atoms with Gasteiger partial charge in [0.15, 0.2) is 0 Å². The van der Waals surface area contributed by atoms with E-state index >= 15 is 0 Å². The van der Waals surface area contributed by atoms with Crippen LogP contribution in [0.3, 0.4) is 0 Å². The molecule has 1 aliphatic heterocycles. The van der Waals surface area contributed by atoms with Crippen molar-refractivity contribution in [2.45, 2.75) is 0 Å². The monoisotopic (exact) mass is 82.0 g/mol. The van der Waals surface area contributed by atoms with Gasteiger partial charge in [-0.3, -0.25) is 0 Å². The molecule has 0 aromatic heterocycles. The third-order valence-corrected chi connectivity index (χ3v) is 0.742. The average Bonchev–Trinajstić information content (AvgIpc) is 1.32. The van der Waals surface area contributed by atoms with E-state index in [0.29, 0.717) is 13.2 Å². The molecule has 0 spiro atoms. The summed E-state index contributed by atoms with van der Waals surface area (Å²) in [5.74, 6) is 0. The standard InChI is InChI=1S/C5H6O/c1-5(2)3-6-4-5/h1-2H,3-4H2. The van der Waals surface area contributed by atoms with Crippen LogP contribution >= 0.6 is 0 Å². The molecular formula is C5H6O. The summed E-state index contributed by atoms with van der Waals surface area (Å²) in [5.41, 5.74) is -0.500. The lowest BCUT2D eigenvalue weighted by Gasteiger charge is -2.32. The Morgan fingerprint density at radius 3 is 1.67 bits per heavy atom. The Kier molecular flexibility index (Phi) is 0.667. The second-order valence-electron chi connectivity index (χ2n) is 1.73. The van der Waals surface area contributed by atoms with Gasteiger partial charge in [0.05, 0.1) is 13.2 Å². The van der Waals surface area contributed by atoms with Gasteiger partial charge in [-0.1, -0.05) is 0 Å². The molecule has 6 heavy (non-hydrogen) atoms. The van der Waals surface area contributed by atoms with E-state index < -0.39 is 5.41 Å². The number of hydrogen-bond donors (Lipinski definition) is 0. The van der Waals surface area contributed by atoms with E-state index in [1.165, 1.54) is 0 Å². The lowest BCUT2D eigenvalue weighted by Crippen LogP contribution is -2.36. The molecule has 32 valence electrons. The molecule has 0 atom stereocenters. The van der Waals surface area contributed by atoms with Crippen LogP contribution in [0.15, 0.2) is 0 Å². The molecular weight excluding hydrogens is 76.1 g/mol. The zero-order chi connectivity index (χ0) is 4.62. The lowest BCUT2D eigenvalue weighted by molar-refractivity contribution is -0.0569. The second-order valence-corrected chi connectivity index (χ2v) is 1.73. The SMILES string of the molecule is [CH]C1([CH])COC1. The highest BCUT2D eigenvalue weighted by atomic mass is 16.5. The molecule has 0 aromatic rings. The van der Waals surface area contributed by atoms with Crippen LogP contribution < -0.4 is 0 Å². The highest BCUT2D eigenvalue weighted by molar-refractivity contribution is 4.89. The van der Waals surface area contributed by atoms with E-state index in [4.69, 9.17) is 13.8 Å². The Balaban J connectivity index is 2.31. The van der Waals surface area contributed by atoms with E-state index in [1.807, 2.05) is 0 Å². The van der Waals surface area contributed by atoms with Crippen molar-refractivity contribution in [2.24, 2.45) is 5.41 Å². The van der Waals surface area contributed by atoms with Gasteiger partial charge in [0.2, 0.25) is 0 Å². The molecule has 4 radical (unpaired) electrons. The highest BCUT2D eigenvalue weighted by Crippen LogP contribution is 2.22. The van der Waals surface area contributed by atoms with Crippen LogP contribution in [-0.2, 0) is 4.74 Å². The number of rotatable bonds is 0. The molecule has 1 saturated heterocycles. The summed E-state index contributed by atoms with van der Waals surface area (Å²) in [7, 11) is 0. The van der Waals surface area contributed by atoms with E-state index in [-0.39, 0.29) is 0 Å². The average molecular weight is 82.1 g/mol. The fraction of sp³-hybridized carbons (Fsp3) is 0.600. The molecule has 0 amide bonds. The molecule has 1 heteroatoms. The molecule has 1 aliphatic rings. The molecule has 1 heterocycles. The smallest absolute Gasteiger partial charge is 0.0550 e. The third kappa shape index (κ3) is 0.548. The van der Waals surface area contributed by atoms with E-state index in [0.717, 1.165) is 0 Å². The first-order valence-corrected chi connectivity index (χ1v) is 1.86. The summed E-state index contributed by atoms with van der Waals surface area (Å²) in [6, 6.07) is 0. The van der Waals surface area contributed by atoms with Gasteiger partial charge in [0.1, 0.15) is 0 Å². The fourth-order valence-electron chi connectivity index (χ4n) is 0.338. The zero-order valence-electron chi connectivity index (χ0n) is 3.48. The number of ether oxygens (including phenoxy) is 1. The number of hydrogen-bond acceptors (Lipinski definition) is 1. The van der Waals surface area contributed by atoms with Crippen molar-refractivity contribution in [1.29, 1.82) is 0 Å². The van der Waals surface area contributed by atoms with Crippen molar-refractivity contribution in [1.82, 2.24) is 0 Å². The maximum Gasteiger partial charge on any atom is 0.0550 e. The normalized spacial score (nSPS) is 29.0. The van der Waals surface area contributed by atoms with Gasteiger partial charge < -0.3 is 4.74 Å². The van der Waals surface area contributed by atoms with E-state index in [9.17, 15) is 0 Å².